The van der Waals surface area contributed by atoms with Gasteiger partial charge in [-0.05, 0) is 19.6 Å². The predicted octanol–water partition coefficient (Wildman–Crippen LogP) is 0.293. The lowest BCUT2D eigenvalue weighted by atomic mass is 10.3. The third kappa shape index (κ3) is 10.8. The summed E-state index contributed by atoms with van der Waals surface area (Å²) in [5.41, 5.74) is 5.18. The van der Waals surface area contributed by atoms with Gasteiger partial charge >= 0.3 is 11.9 Å². The lowest BCUT2D eigenvalue weighted by Gasteiger charge is -2.05. The molecule has 0 aromatic heterocycles. The molecular weight excluding hydrogens is 224 g/mol. The van der Waals surface area contributed by atoms with Gasteiger partial charge in [0.25, 0.3) is 0 Å². The van der Waals surface area contributed by atoms with Crippen molar-refractivity contribution in [3.8, 4) is 0 Å². The predicted molar refractivity (Wildman–Crippen MR) is 63.9 cm³/mol. The van der Waals surface area contributed by atoms with E-state index in [0.717, 1.165) is 0 Å². The molecule has 0 aliphatic carbocycles. The zero-order chi connectivity index (χ0) is 12.9. The summed E-state index contributed by atoms with van der Waals surface area (Å²) in [6.45, 7) is 4.63. The number of nitrogens with two attached hydrogens (primary N) is 1. The maximum Gasteiger partial charge on any atom is 0.307 e. The van der Waals surface area contributed by atoms with Crippen LogP contribution in [0.4, 0.5) is 0 Å². The van der Waals surface area contributed by atoms with Crippen molar-refractivity contribution in [3.05, 3.63) is 0 Å². The summed E-state index contributed by atoms with van der Waals surface area (Å²) in [5.74, 6) is -0.570. The van der Waals surface area contributed by atoms with E-state index in [1.165, 1.54) is 0 Å². The molecule has 0 aromatic carbocycles. The highest BCUT2D eigenvalue weighted by Gasteiger charge is 2.02. The highest BCUT2D eigenvalue weighted by atomic mass is 16.5. The van der Waals surface area contributed by atoms with Crippen molar-refractivity contribution in [1.82, 2.24) is 0 Å². The Hall–Kier alpha value is -1.43. The summed E-state index contributed by atoms with van der Waals surface area (Å²) >= 11 is 0. The fraction of sp³-hybridized carbons (Fsp3) is 0.727. The molecule has 2 N–H and O–H groups in total. The zero-order valence-electron chi connectivity index (χ0n) is 10.0. The first-order chi connectivity index (χ1) is 8.20. The molecule has 0 atom stereocenters. The van der Waals surface area contributed by atoms with Gasteiger partial charge in [0.1, 0.15) is 0 Å². The molecule has 0 fully saturated rings. The van der Waals surface area contributed by atoms with Crippen molar-refractivity contribution in [3.63, 3.8) is 0 Å². The van der Waals surface area contributed by atoms with Gasteiger partial charge in [0, 0.05) is 13.1 Å². The Morgan fingerprint density at radius 3 is 2.06 bits per heavy atom. The standard InChI is InChI=1S/C11H20N2O4/c1-13-7-5-11(15)17-9-3-2-8-16-10(14)4-6-12/h1-9,12H2. The van der Waals surface area contributed by atoms with Crippen molar-refractivity contribution in [1.29, 1.82) is 0 Å². The van der Waals surface area contributed by atoms with Gasteiger partial charge < -0.3 is 20.2 Å². The fourth-order valence-corrected chi connectivity index (χ4v) is 1.01. The van der Waals surface area contributed by atoms with Crippen LogP contribution in [0.5, 0.6) is 0 Å². The molecular formula is C11H20N2O4. The van der Waals surface area contributed by atoms with Gasteiger partial charge in [0.2, 0.25) is 0 Å². The van der Waals surface area contributed by atoms with E-state index in [9.17, 15) is 9.59 Å². The lowest BCUT2D eigenvalue weighted by molar-refractivity contribution is -0.145. The minimum atomic E-state index is -0.290. The van der Waals surface area contributed by atoms with E-state index in [2.05, 4.69) is 11.7 Å². The average molecular weight is 244 g/mol. The van der Waals surface area contributed by atoms with Crippen LogP contribution in [0.15, 0.2) is 4.99 Å². The van der Waals surface area contributed by atoms with Crippen LogP contribution in [-0.2, 0) is 19.1 Å². The maximum atomic E-state index is 11.0. The number of hydrogen-bond acceptors (Lipinski definition) is 6. The first-order valence-corrected chi connectivity index (χ1v) is 5.64. The smallest absolute Gasteiger partial charge is 0.307 e. The Bertz CT molecular complexity index is 244. The molecule has 98 valence electrons. The van der Waals surface area contributed by atoms with E-state index in [0.29, 0.717) is 39.1 Å². The lowest BCUT2D eigenvalue weighted by Crippen LogP contribution is -2.12. The molecule has 6 heteroatoms. The fourth-order valence-electron chi connectivity index (χ4n) is 1.01. The number of esters is 2. The monoisotopic (exact) mass is 244 g/mol. The number of ether oxygens (including phenoxy) is 2. The second-order valence-corrected chi connectivity index (χ2v) is 3.38. The Morgan fingerprint density at radius 1 is 1.06 bits per heavy atom. The Morgan fingerprint density at radius 2 is 1.59 bits per heavy atom. The molecule has 0 saturated carbocycles. The Labute approximate surface area is 101 Å². The van der Waals surface area contributed by atoms with Gasteiger partial charge in [-0.15, -0.1) is 0 Å². The van der Waals surface area contributed by atoms with Crippen molar-refractivity contribution in [2.45, 2.75) is 25.7 Å². The minimum absolute atomic E-state index is 0.240. The van der Waals surface area contributed by atoms with Crippen LogP contribution in [-0.4, -0.2) is 45.0 Å². The van der Waals surface area contributed by atoms with Gasteiger partial charge in [0.15, 0.2) is 0 Å². The van der Waals surface area contributed by atoms with Crippen molar-refractivity contribution < 1.29 is 19.1 Å². The number of hydrogen-bond donors (Lipinski definition) is 1. The summed E-state index contributed by atoms with van der Waals surface area (Å²) in [7, 11) is 0. The topological polar surface area (TPSA) is 91.0 Å². The molecule has 0 rings (SSSR count). The molecule has 6 nitrogen and oxygen atoms in total. The summed E-state index contributed by atoms with van der Waals surface area (Å²) in [6.07, 6.45) is 1.84. The minimum Gasteiger partial charge on any atom is -0.466 e. The van der Waals surface area contributed by atoms with Crippen LogP contribution >= 0.6 is 0 Å². The second kappa shape index (κ2) is 11.1. The van der Waals surface area contributed by atoms with Crippen molar-refractivity contribution >= 4 is 18.7 Å². The van der Waals surface area contributed by atoms with Gasteiger partial charge in [0.05, 0.1) is 26.1 Å². The highest BCUT2D eigenvalue weighted by Crippen LogP contribution is 1.95. The van der Waals surface area contributed by atoms with Crippen LogP contribution in [0.25, 0.3) is 0 Å². The van der Waals surface area contributed by atoms with E-state index in [-0.39, 0.29) is 24.8 Å². The van der Waals surface area contributed by atoms with Crippen LogP contribution in [0.2, 0.25) is 0 Å². The van der Waals surface area contributed by atoms with Crippen LogP contribution in [0.3, 0.4) is 0 Å². The molecule has 0 aliphatic heterocycles. The molecule has 0 aliphatic rings. The summed E-state index contributed by atoms with van der Waals surface area (Å²) in [5, 5.41) is 0. The molecule has 0 unspecified atom stereocenters. The average Bonchev–Trinajstić information content (AvgIpc) is 2.31. The highest BCUT2D eigenvalue weighted by molar-refractivity contribution is 5.69. The van der Waals surface area contributed by atoms with Crippen molar-refractivity contribution in [2.24, 2.45) is 10.7 Å². The first-order valence-electron chi connectivity index (χ1n) is 5.64. The second-order valence-electron chi connectivity index (χ2n) is 3.38. The van der Waals surface area contributed by atoms with E-state index in [1.807, 2.05) is 0 Å². The molecule has 0 heterocycles. The SMILES string of the molecule is C=NCCC(=O)OCCCCOC(=O)CCN. The van der Waals surface area contributed by atoms with Gasteiger partial charge in [-0.25, -0.2) is 0 Å². The largest absolute Gasteiger partial charge is 0.466 e. The number of carbonyl (C=O) groups excluding carboxylic acids is 2. The zero-order valence-corrected chi connectivity index (χ0v) is 10.0. The summed E-state index contributed by atoms with van der Waals surface area (Å²) in [6, 6.07) is 0. The normalized spacial score (nSPS) is 9.71. The quantitative estimate of drug-likeness (QED) is 0.339. The van der Waals surface area contributed by atoms with Crippen molar-refractivity contribution in [2.75, 3.05) is 26.3 Å². The molecule has 17 heavy (non-hydrogen) atoms. The summed E-state index contributed by atoms with van der Waals surface area (Å²) < 4.78 is 9.78. The molecule has 0 aromatic rings. The van der Waals surface area contributed by atoms with Gasteiger partial charge in [-0.1, -0.05) is 0 Å². The number of nitrogens with zero attached hydrogens (tertiary/aromatic N) is 1. The Balaban J connectivity index is 3.26. The number of carbonyl (C=O) groups is 2. The number of rotatable bonds is 10. The van der Waals surface area contributed by atoms with Crippen LogP contribution < -0.4 is 5.73 Å². The molecule has 0 spiro atoms. The van der Waals surface area contributed by atoms with E-state index in [4.69, 9.17) is 15.2 Å². The van der Waals surface area contributed by atoms with E-state index < -0.39 is 0 Å². The third-order valence-electron chi connectivity index (χ3n) is 1.89. The van der Waals surface area contributed by atoms with E-state index >= 15 is 0 Å². The van der Waals surface area contributed by atoms with Gasteiger partial charge in [-0.3, -0.25) is 9.59 Å². The maximum absolute atomic E-state index is 11.0. The molecule has 0 radical (unpaired) electrons. The summed E-state index contributed by atoms with van der Waals surface area (Å²) in [4.78, 5) is 25.5. The Kier molecular flexibility index (Phi) is 10.1. The van der Waals surface area contributed by atoms with Crippen LogP contribution in [0.1, 0.15) is 25.7 Å². The molecule has 0 saturated heterocycles. The number of aliphatic imine (C=N–C) groups is 1. The third-order valence-corrected chi connectivity index (χ3v) is 1.89. The van der Waals surface area contributed by atoms with Crippen LogP contribution in [0, 0.1) is 0 Å². The molecule has 0 amide bonds. The first kappa shape index (κ1) is 15.6. The van der Waals surface area contributed by atoms with Gasteiger partial charge in [-0.2, -0.15) is 0 Å². The molecule has 0 bridgehead atoms. The van der Waals surface area contributed by atoms with E-state index in [1.54, 1.807) is 0 Å². The number of unbranched alkanes of at least 4 members (excludes halogenated alkanes) is 1.